The summed E-state index contributed by atoms with van der Waals surface area (Å²) in [6.45, 7) is 1.82. The zero-order chi connectivity index (χ0) is 23.4. The number of fused-ring (bicyclic) bond motifs is 1. The highest BCUT2D eigenvalue weighted by Gasteiger charge is 2.19. The van der Waals surface area contributed by atoms with Gasteiger partial charge < -0.3 is 18.9 Å². The van der Waals surface area contributed by atoms with Gasteiger partial charge in [0.25, 0.3) is 15.2 Å². The molecule has 2 aromatic carbocycles. The number of oxazole rings is 1. The predicted molar refractivity (Wildman–Crippen MR) is 124 cm³/mol. The van der Waals surface area contributed by atoms with E-state index in [1.807, 2.05) is 6.92 Å². The monoisotopic (exact) mass is 487 g/mol. The maximum atomic E-state index is 12.8. The van der Waals surface area contributed by atoms with Gasteiger partial charge in [0.2, 0.25) is 5.91 Å². The van der Waals surface area contributed by atoms with Crippen molar-refractivity contribution in [3.8, 4) is 5.75 Å². The fraction of sp³-hybridized carbons (Fsp3) is 0.182. The molecule has 0 saturated heterocycles. The minimum absolute atomic E-state index is 0.0239. The highest BCUT2D eigenvalue weighted by Crippen LogP contribution is 2.29. The van der Waals surface area contributed by atoms with Gasteiger partial charge in [-0.3, -0.25) is 9.52 Å². The van der Waals surface area contributed by atoms with Crippen molar-refractivity contribution >= 4 is 44.5 Å². The summed E-state index contributed by atoms with van der Waals surface area (Å²) < 4.78 is 44.3. The first-order valence-corrected chi connectivity index (χ1v) is 12.3. The van der Waals surface area contributed by atoms with Crippen LogP contribution in [0.1, 0.15) is 18.7 Å². The lowest BCUT2D eigenvalue weighted by Gasteiger charge is -2.11. The summed E-state index contributed by atoms with van der Waals surface area (Å²) in [7, 11) is -2.42. The molecule has 0 fully saturated rings. The van der Waals surface area contributed by atoms with Crippen LogP contribution in [0.2, 0.25) is 0 Å². The van der Waals surface area contributed by atoms with Crippen LogP contribution in [-0.2, 0) is 14.8 Å². The van der Waals surface area contributed by atoms with E-state index in [2.05, 4.69) is 15.0 Å². The molecule has 9 nitrogen and oxygen atoms in total. The number of nitrogens with one attached hydrogen (secondary N) is 2. The Bertz CT molecular complexity index is 1370. The summed E-state index contributed by atoms with van der Waals surface area (Å²) >= 11 is 1.11. The molecule has 1 amide bonds. The molecule has 0 aliphatic heterocycles. The summed E-state index contributed by atoms with van der Waals surface area (Å²) in [4.78, 5) is 16.5. The standard InChI is InChI=1S/C22H21N3O6S2/c1-14(18-8-5-11-30-18)23-21(26)13-32-22-24-17-12-15(9-10-20(17)31-22)33(27,28)25-16-6-3-4-7-19(16)29-2/h3-12,14,25H,13H2,1-2H3,(H,23,26). The Morgan fingerprint density at radius 2 is 2.00 bits per heavy atom. The molecular formula is C22H21N3O6S2. The highest BCUT2D eigenvalue weighted by atomic mass is 32.2. The average molecular weight is 488 g/mol. The van der Waals surface area contributed by atoms with E-state index in [0.29, 0.717) is 28.3 Å². The van der Waals surface area contributed by atoms with Crippen molar-refractivity contribution in [3.05, 3.63) is 66.6 Å². The molecule has 0 spiro atoms. The smallest absolute Gasteiger partial charge is 0.262 e. The molecule has 0 aliphatic rings. The number of hydrogen-bond acceptors (Lipinski definition) is 8. The van der Waals surface area contributed by atoms with E-state index in [0.717, 1.165) is 11.8 Å². The van der Waals surface area contributed by atoms with E-state index in [4.69, 9.17) is 13.6 Å². The number of anilines is 1. The van der Waals surface area contributed by atoms with Gasteiger partial charge in [0, 0.05) is 0 Å². The number of ether oxygens (including phenoxy) is 1. The molecule has 2 heterocycles. The summed E-state index contributed by atoms with van der Waals surface area (Å²) in [5.74, 6) is 0.932. The van der Waals surface area contributed by atoms with Crippen LogP contribution in [0.4, 0.5) is 5.69 Å². The molecule has 0 saturated carbocycles. The number of benzene rings is 2. The van der Waals surface area contributed by atoms with Crippen LogP contribution in [0.3, 0.4) is 0 Å². The van der Waals surface area contributed by atoms with Gasteiger partial charge in [-0.1, -0.05) is 23.9 Å². The predicted octanol–water partition coefficient (Wildman–Crippen LogP) is 4.20. The number of carbonyl (C=O) groups excluding carboxylic acids is 1. The number of sulfonamides is 1. The van der Waals surface area contributed by atoms with Crippen LogP contribution in [0, 0.1) is 0 Å². The maximum absolute atomic E-state index is 12.8. The first-order valence-electron chi connectivity index (χ1n) is 9.88. The van der Waals surface area contributed by atoms with Gasteiger partial charge in [-0.2, -0.15) is 0 Å². The first-order chi connectivity index (χ1) is 15.9. The van der Waals surface area contributed by atoms with Gasteiger partial charge in [0.05, 0.1) is 35.8 Å². The molecule has 33 heavy (non-hydrogen) atoms. The fourth-order valence-corrected chi connectivity index (χ4v) is 4.81. The van der Waals surface area contributed by atoms with E-state index < -0.39 is 10.0 Å². The van der Waals surface area contributed by atoms with Crippen LogP contribution in [0.25, 0.3) is 11.1 Å². The molecule has 0 bridgehead atoms. The Morgan fingerprint density at radius 3 is 2.76 bits per heavy atom. The lowest BCUT2D eigenvalue weighted by atomic mass is 10.2. The second-order valence-corrected chi connectivity index (χ2v) is 9.62. The minimum Gasteiger partial charge on any atom is -0.495 e. The van der Waals surface area contributed by atoms with Gasteiger partial charge in [0.15, 0.2) is 5.58 Å². The Balaban J connectivity index is 1.44. The van der Waals surface area contributed by atoms with E-state index in [9.17, 15) is 13.2 Å². The third-order valence-electron chi connectivity index (χ3n) is 4.68. The Labute approximate surface area is 194 Å². The molecule has 0 aliphatic carbocycles. The number of amides is 1. The molecular weight excluding hydrogens is 466 g/mol. The lowest BCUT2D eigenvalue weighted by Crippen LogP contribution is -2.27. The number of thioether (sulfide) groups is 1. The average Bonchev–Trinajstić information content (AvgIpc) is 3.47. The van der Waals surface area contributed by atoms with Gasteiger partial charge in [-0.05, 0) is 49.4 Å². The van der Waals surface area contributed by atoms with Gasteiger partial charge in [0.1, 0.15) is 17.0 Å². The summed E-state index contributed by atoms with van der Waals surface area (Å²) in [5.41, 5.74) is 1.11. The molecule has 11 heteroatoms. The largest absolute Gasteiger partial charge is 0.495 e. The number of hydrogen-bond donors (Lipinski definition) is 2. The van der Waals surface area contributed by atoms with Crippen LogP contribution >= 0.6 is 11.8 Å². The Kier molecular flexibility index (Phi) is 6.61. The summed E-state index contributed by atoms with van der Waals surface area (Å²) in [6.07, 6.45) is 1.55. The number of aromatic nitrogens is 1. The molecule has 2 aromatic heterocycles. The minimum atomic E-state index is -3.88. The number of furan rings is 1. The van der Waals surface area contributed by atoms with Crippen LogP contribution in [0.15, 0.2) is 79.8 Å². The van der Waals surface area contributed by atoms with Gasteiger partial charge in [-0.25, -0.2) is 13.4 Å². The van der Waals surface area contributed by atoms with Crippen LogP contribution in [-0.4, -0.2) is 32.2 Å². The van der Waals surface area contributed by atoms with Crippen molar-refractivity contribution in [2.24, 2.45) is 0 Å². The third-order valence-corrected chi connectivity index (χ3v) is 6.87. The van der Waals surface area contributed by atoms with Gasteiger partial charge in [-0.15, -0.1) is 0 Å². The second kappa shape index (κ2) is 9.59. The molecule has 4 rings (SSSR count). The quantitative estimate of drug-likeness (QED) is 0.337. The second-order valence-electron chi connectivity index (χ2n) is 7.01. The Hall–Kier alpha value is -3.44. The van der Waals surface area contributed by atoms with Gasteiger partial charge >= 0.3 is 0 Å². The van der Waals surface area contributed by atoms with Crippen molar-refractivity contribution in [2.45, 2.75) is 23.1 Å². The van der Waals surface area contributed by atoms with Crippen LogP contribution < -0.4 is 14.8 Å². The topological polar surface area (TPSA) is 124 Å². The summed E-state index contributed by atoms with van der Waals surface area (Å²) in [6, 6.07) is 14.4. The SMILES string of the molecule is COc1ccccc1NS(=O)(=O)c1ccc2oc(SCC(=O)NC(C)c3ccco3)nc2c1. The van der Waals surface area contributed by atoms with E-state index in [1.54, 1.807) is 42.7 Å². The summed E-state index contributed by atoms with van der Waals surface area (Å²) in [5, 5.41) is 3.09. The van der Waals surface area contributed by atoms with E-state index in [-0.39, 0.29) is 27.8 Å². The number of para-hydroxylation sites is 2. The Morgan fingerprint density at radius 1 is 1.18 bits per heavy atom. The third kappa shape index (κ3) is 5.32. The van der Waals surface area contributed by atoms with Crippen molar-refractivity contribution in [1.29, 1.82) is 0 Å². The molecule has 4 aromatic rings. The zero-order valence-electron chi connectivity index (χ0n) is 17.8. The molecule has 172 valence electrons. The van der Waals surface area contributed by atoms with E-state index in [1.165, 1.54) is 25.3 Å². The fourth-order valence-electron chi connectivity index (χ4n) is 3.07. The molecule has 2 N–H and O–H groups in total. The highest BCUT2D eigenvalue weighted by molar-refractivity contribution is 7.99. The lowest BCUT2D eigenvalue weighted by molar-refractivity contribution is -0.119. The van der Waals surface area contributed by atoms with Crippen molar-refractivity contribution in [3.63, 3.8) is 0 Å². The number of rotatable bonds is 9. The maximum Gasteiger partial charge on any atom is 0.262 e. The molecule has 1 unspecified atom stereocenters. The van der Waals surface area contributed by atoms with Crippen molar-refractivity contribution in [2.75, 3.05) is 17.6 Å². The van der Waals surface area contributed by atoms with Crippen LogP contribution in [0.5, 0.6) is 5.75 Å². The molecule has 0 radical (unpaired) electrons. The van der Waals surface area contributed by atoms with Crippen molar-refractivity contribution < 1.29 is 26.8 Å². The zero-order valence-corrected chi connectivity index (χ0v) is 19.4. The number of carbonyl (C=O) groups is 1. The number of nitrogens with zero attached hydrogens (tertiary/aromatic N) is 1. The number of methoxy groups -OCH3 is 1. The normalized spacial score (nSPS) is 12.4. The van der Waals surface area contributed by atoms with Crippen molar-refractivity contribution in [1.82, 2.24) is 10.3 Å². The first kappa shape index (κ1) is 22.7. The van der Waals surface area contributed by atoms with E-state index >= 15 is 0 Å². The molecule has 1 atom stereocenters.